The average molecular weight is 182 g/mol. The van der Waals surface area contributed by atoms with Crippen LogP contribution in [0.15, 0.2) is 66.3 Å². The highest BCUT2D eigenvalue weighted by Gasteiger charge is 2.01. The van der Waals surface area contributed by atoms with E-state index in [-0.39, 0.29) is 5.78 Å². The van der Waals surface area contributed by atoms with Gasteiger partial charge >= 0.3 is 0 Å². The molecule has 1 heteroatoms. The summed E-state index contributed by atoms with van der Waals surface area (Å²) < 4.78 is 0. The number of carbonyl (C=O) groups excluding carboxylic acids is 1. The van der Waals surface area contributed by atoms with E-state index in [0.29, 0.717) is 0 Å². The Morgan fingerprint density at radius 1 is 1.00 bits per heavy atom. The van der Waals surface area contributed by atoms with Crippen LogP contribution in [0.5, 0.6) is 0 Å². The molecular weight excluding hydrogens is 172 g/mol. The van der Waals surface area contributed by atoms with E-state index in [2.05, 4.69) is 0 Å². The van der Waals surface area contributed by atoms with Gasteiger partial charge < -0.3 is 0 Å². The number of rotatable bonds is 2. The minimum Gasteiger partial charge on any atom is -0.289 e. The summed E-state index contributed by atoms with van der Waals surface area (Å²) in [5.41, 5.74) is 1.69. The van der Waals surface area contributed by atoms with Gasteiger partial charge in [0.25, 0.3) is 0 Å². The zero-order valence-corrected chi connectivity index (χ0v) is 7.68. The van der Waals surface area contributed by atoms with Crippen LogP contribution < -0.4 is 0 Å². The lowest BCUT2D eigenvalue weighted by Gasteiger charge is -1.94. The fraction of sp³-hybridized carbons (Fsp3) is 0. The maximum atomic E-state index is 11.7. The molecule has 0 saturated heterocycles. The molecular formula is C13H10O. The summed E-state index contributed by atoms with van der Waals surface area (Å²) in [5.74, 6) is 0.0526. The van der Waals surface area contributed by atoms with Crippen molar-refractivity contribution >= 4 is 5.78 Å². The van der Waals surface area contributed by atoms with Crippen LogP contribution in [-0.2, 0) is 0 Å². The predicted molar refractivity (Wildman–Crippen MR) is 57.1 cm³/mol. The normalized spacial score (nSPS) is 13.3. The molecule has 0 N–H and O–H groups in total. The monoisotopic (exact) mass is 182 g/mol. The van der Waals surface area contributed by atoms with Gasteiger partial charge in [-0.05, 0) is 11.6 Å². The van der Waals surface area contributed by atoms with Crippen molar-refractivity contribution in [2.24, 2.45) is 0 Å². The molecule has 0 bridgehead atoms. The molecule has 0 aliphatic heterocycles. The van der Waals surface area contributed by atoms with Gasteiger partial charge in [-0.25, -0.2) is 0 Å². The Bertz CT molecular complexity index is 408. The maximum Gasteiger partial charge on any atom is 0.186 e. The molecule has 2 rings (SSSR count). The highest BCUT2D eigenvalue weighted by atomic mass is 16.1. The van der Waals surface area contributed by atoms with Crippen LogP contribution in [0.3, 0.4) is 0 Å². The first kappa shape index (κ1) is 8.70. The predicted octanol–water partition coefficient (Wildman–Crippen LogP) is 2.92. The van der Waals surface area contributed by atoms with Crippen LogP contribution in [0.2, 0.25) is 0 Å². The Hall–Kier alpha value is -1.89. The van der Waals surface area contributed by atoms with Crippen LogP contribution >= 0.6 is 0 Å². The molecule has 1 aromatic rings. The summed E-state index contributed by atoms with van der Waals surface area (Å²) in [4.78, 5) is 11.7. The fourth-order valence-electron chi connectivity index (χ4n) is 1.32. The molecule has 0 atom stereocenters. The van der Waals surface area contributed by atoms with Crippen LogP contribution in [0.25, 0.3) is 0 Å². The van der Waals surface area contributed by atoms with Gasteiger partial charge in [0.05, 0.1) is 0 Å². The van der Waals surface area contributed by atoms with E-state index in [1.807, 2.05) is 54.6 Å². The molecule has 0 radical (unpaired) electrons. The lowest BCUT2D eigenvalue weighted by atomic mass is 10.1. The van der Waals surface area contributed by atoms with Crippen molar-refractivity contribution in [3.05, 3.63) is 71.8 Å². The Morgan fingerprint density at radius 2 is 1.64 bits per heavy atom. The second-order valence-electron chi connectivity index (χ2n) is 3.09. The fourth-order valence-corrected chi connectivity index (χ4v) is 1.32. The first-order valence-corrected chi connectivity index (χ1v) is 4.52. The Kier molecular flexibility index (Phi) is 2.41. The molecule has 0 fully saturated rings. The lowest BCUT2D eigenvalue weighted by molar-refractivity contribution is 0.104. The largest absolute Gasteiger partial charge is 0.289 e. The zero-order chi connectivity index (χ0) is 9.80. The number of allylic oxidation sites excluding steroid dienone is 6. The number of hydrogen-bond donors (Lipinski definition) is 0. The quantitative estimate of drug-likeness (QED) is 0.507. The van der Waals surface area contributed by atoms with Crippen LogP contribution in [0.4, 0.5) is 0 Å². The van der Waals surface area contributed by atoms with Crippen molar-refractivity contribution in [3.63, 3.8) is 0 Å². The maximum absolute atomic E-state index is 11.7. The number of hydrogen-bond acceptors (Lipinski definition) is 1. The first-order valence-electron chi connectivity index (χ1n) is 4.52. The molecule has 1 aromatic carbocycles. The highest BCUT2D eigenvalue weighted by Crippen LogP contribution is 2.09. The second-order valence-corrected chi connectivity index (χ2v) is 3.09. The molecule has 0 unspecified atom stereocenters. The lowest BCUT2D eigenvalue weighted by Crippen LogP contribution is -1.93. The zero-order valence-electron chi connectivity index (χ0n) is 7.68. The summed E-state index contributed by atoms with van der Waals surface area (Å²) in [5, 5.41) is 0. The third kappa shape index (κ3) is 1.88. The number of ketones is 1. The number of carbonyl (C=O) groups is 1. The van der Waals surface area contributed by atoms with Gasteiger partial charge in [0.1, 0.15) is 0 Å². The third-order valence-corrected chi connectivity index (χ3v) is 2.04. The Morgan fingerprint density at radius 3 is 2.29 bits per heavy atom. The van der Waals surface area contributed by atoms with Crippen molar-refractivity contribution in [1.82, 2.24) is 0 Å². The van der Waals surface area contributed by atoms with Gasteiger partial charge in [0, 0.05) is 5.56 Å². The summed E-state index contributed by atoms with van der Waals surface area (Å²) in [6.07, 6.45) is 9.32. The van der Waals surface area contributed by atoms with Crippen molar-refractivity contribution in [3.8, 4) is 0 Å². The first-order chi connectivity index (χ1) is 6.86. The molecule has 0 saturated carbocycles. The summed E-state index contributed by atoms with van der Waals surface area (Å²) in [7, 11) is 0. The standard InChI is InChI=1S/C13H10O/c14-13(10-11-6-4-5-7-11)12-8-2-1-3-9-12/h1-10H. The van der Waals surface area contributed by atoms with Crippen LogP contribution in [-0.4, -0.2) is 5.78 Å². The number of benzene rings is 1. The molecule has 0 spiro atoms. The minimum absolute atomic E-state index is 0.0526. The van der Waals surface area contributed by atoms with E-state index in [1.54, 1.807) is 6.08 Å². The van der Waals surface area contributed by atoms with E-state index >= 15 is 0 Å². The van der Waals surface area contributed by atoms with Crippen LogP contribution in [0.1, 0.15) is 10.4 Å². The van der Waals surface area contributed by atoms with E-state index in [9.17, 15) is 4.79 Å². The molecule has 1 nitrogen and oxygen atoms in total. The smallest absolute Gasteiger partial charge is 0.186 e. The Balaban J connectivity index is 2.22. The van der Waals surface area contributed by atoms with Crippen molar-refractivity contribution in [1.29, 1.82) is 0 Å². The highest BCUT2D eigenvalue weighted by molar-refractivity contribution is 6.05. The van der Waals surface area contributed by atoms with Gasteiger partial charge in [-0.3, -0.25) is 4.79 Å². The topological polar surface area (TPSA) is 17.1 Å². The molecule has 1 aliphatic rings. The minimum atomic E-state index is 0.0526. The Labute approximate surface area is 83.1 Å². The van der Waals surface area contributed by atoms with Gasteiger partial charge in [0.15, 0.2) is 5.78 Å². The van der Waals surface area contributed by atoms with E-state index < -0.39 is 0 Å². The van der Waals surface area contributed by atoms with Crippen molar-refractivity contribution in [2.75, 3.05) is 0 Å². The molecule has 0 amide bonds. The SMILES string of the molecule is O=C(C=C1C=CC=C1)c1ccccc1. The van der Waals surface area contributed by atoms with E-state index in [1.165, 1.54) is 0 Å². The summed E-state index contributed by atoms with van der Waals surface area (Å²) >= 11 is 0. The molecule has 0 aromatic heterocycles. The summed E-state index contributed by atoms with van der Waals surface area (Å²) in [6, 6.07) is 9.28. The molecule has 1 aliphatic carbocycles. The molecule has 0 heterocycles. The average Bonchev–Trinajstić information content (AvgIpc) is 2.72. The molecule has 14 heavy (non-hydrogen) atoms. The van der Waals surface area contributed by atoms with Gasteiger partial charge in [0.2, 0.25) is 0 Å². The second kappa shape index (κ2) is 3.88. The molecule has 68 valence electrons. The van der Waals surface area contributed by atoms with Gasteiger partial charge in [-0.2, -0.15) is 0 Å². The van der Waals surface area contributed by atoms with Crippen molar-refractivity contribution in [2.45, 2.75) is 0 Å². The third-order valence-electron chi connectivity index (χ3n) is 2.04. The van der Waals surface area contributed by atoms with Gasteiger partial charge in [-0.1, -0.05) is 54.6 Å². The van der Waals surface area contributed by atoms with Gasteiger partial charge in [-0.15, -0.1) is 0 Å². The van der Waals surface area contributed by atoms with E-state index in [0.717, 1.165) is 11.1 Å². The van der Waals surface area contributed by atoms with Crippen molar-refractivity contribution < 1.29 is 4.79 Å². The summed E-state index contributed by atoms with van der Waals surface area (Å²) in [6.45, 7) is 0. The van der Waals surface area contributed by atoms with Crippen LogP contribution in [0, 0.1) is 0 Å². The van der Waals surface area contributed by atoms with E-state index in [4.69, 9.17) is 0 Å².